The van der Waals surface area contributed by atoms with Crippen LogP contribution in [0.4, 0.5) is 5.82 Å². The molecule has 0 spiro atoms. The minimum atomic E-state index is -0.446. The summed E-state index contributed by atoms with van der Waals surface area (Å²) in [6, 6.07) is 3.41. The fraction of sp³-hybridized carbons (Fsp3) is 0.500. The van der Waals surface area contributed by atoms with Crippen molar-refractivity contribution in [1.29, 1.82) is 0 Å². The summed E-state index contributed by atoms with van der Waals surface area (Å²) in [7, 11) is 0. The number of aliphatic hydroxyl groups is 1. The lowest BCUT2D eigenvalue weighted by molar-refractivity contribution is 0.100. The van der Waals surface area contributed by atoms with Crippen molar-refractivity contribution < 1.29 is 9.90 Å². The van der Waals surface area contributed by atoms with E-state index in [1.54, 1.807) is 18.3 Å². The topological polar surface area (TPSA) is 79.5 Å². The van der Waals surface area contributed by atoms with Crippen molar-refractivity contribution in [1.82, 2.24) is 4.98 Å². The van der Waals surface area contributed by atoms with Crippen LogP contribution < -0.4 is 10.6 Å². The quantitative estimate of drug-likeness (QED) is 0.791. The second kappa shape index (κ2) is 5.14. The van der Waals surface area contributed by atoms with E-state index in [-0.39, 0.29) is 6.61 Å². The molecule has 1 aromatic rings. The molecule has 5 nitrogen and oxygen atoms in total. The number of carbonyl (C=O) groups is 1. The molecule has 1 fully saturated rings. The fourth-order valence-corrected chi connectivity index (χ4v) is 2.28. The predicted molar refractivity (Wildman–Crippen MR) is 64.8 cm³/mol. The molecule has 0 bridgehead atoms. The lowest BCUT2D eigenvalue weighted by Crippen LogP contribution is -2.25. The van der Waals surface area contributed by atoms with Crippen LogP contribution >= 0.6 is 0 Å². The second-order valence-electron chi connectivity index (χ2n) is 4.35. The zero-order valence-electron chi connectivity index (χ0n) is 9.67. The molecule has 0 radical (unpaired) electrons. The largest absolute Gasteiger partial charge is 0.396 e. The summed E-state index contributed by atoms with van der Waals surface area (Å²) < 4.78 is 0. The maximum Gasteiger partial charge on any atom is 0.252 e. The minimum absolute atomic E-state index is 0.212. The molecule has 0 saturated carbocycles. The van der Waals surface area contributed by atoms with Crippen molar-refractivity contribution >= 4 is 11.7 Å². The number of nitrogens with zero attached hydrogens (tertiary/aromatic N) is 2. The molecule has 1 atom stereocenters. The number of aromatic nitrogens is 1. The lowest BCUT2D eigenvalue weighted by Gasteiger charge is -2.19. The Bertz CT molecular complexity index is 408. The minimum Gasteiger partial charge on any atom is -0.396 e. The molecule has 1 aromatic heterocycles. The number of pyridine rings is 1. The highest BCUT2D eigenvalue weighted by molar-refractivity contribution is 5.97. The molecule has 1 unspecified atom stereocenters. The van der Waals surface area contributed by atoms with Crippen LogP contribution in [0.1, 0.15) is 23.2 Å². The average Bonchev–Trinajstić information content (AvgIpc) is 2.78. The molecule has 2 rings (SSSR count). The van der Waals surface area contributed by atoms with Gasteiger partial charge in [0.15, 0.2) is 0 Å². The highest BCUT2D eigenvalue weighted by Crippen LogP contribution is 2.26. The zero-order chi connectivity index (χ0) is 12.3. The van der Waals surface area contributed by atoms with E-state index in [4.69, 9.17) is 10.8 Å². The summed E-state index contributed by atoms with van der Waals surface area (Å²) >= 11 is 0. The first-order chi connectivity index (χ1) is 8.22. The van der Waals surface area contributed by atoms with Crippen LogP contribution in [0, 0.1) is 5.92 Å². The van der Waals surface area contributed by atoms with E-state index in [2.05, 4.69) is 9.88 Å². The Morgan fingerprint density at radius 1 is 1.65 bits per heavy atom. The molecule has 2 heterocycles. The molecule has 3 N–H and O–H groups in total. The van der Waals surface area contributed by atoms with E-state index in [0.29, 0.717) is 17.3 Å². The molecule has 1 aliphatic rings. The van der Waals surface area contributed by atoms with Crippen molar-refractivity contribution in [2.24, 2.45) is 11.7 Å². The van der Waals surface area contributed by atoms with E-state index in [0.717, 1.165) is 25.9 Å². The Balaban J connectivity index is 2.16. The smallest absolute Gasteiger partial charge is 0.252 e. The third-order valence-electron chi connectivity index (χ3n) is 3.17. The second-order valence-corrected chi connectivity index (χ2v) is 4.35. The van der Waals surface area contributed by atoms with Crippen LogP contribution in [-0.2, 0) is 0 Å². The SMILES string of the molecule is NC(=O)c1cccnc1N1CCC(CCO)C1. The van der Waals surface area contributed by atoms with E-state index in [1.807, 2.05) is 0 Å². The first-order valence-electron chi connectivity index (χ1n) is 5.83. The van der Waals surface area contributed by atoms with Crippen molar-refractivity contribution in [3.05, 3.63) is 23.9 Å². The lowest BCUT2D eigenvalue weighted by atomic mass is 10.1. The molecule has 17 heavy (non-hydrogen) atoms. The Hall–Kier alpha value is -1.62. The van der Waals surface area contributed by atoms with Crippen molar-refractivity contribution in [2.75, 3.05) is 24.6 Å². The summed E-state index contributed by atoms with van der Waals surface area (Å²) in [5.41, 5.74) is 5.80. The normalized spacial score (nSPS) is 19.6. The number of rotatable bonds is 4. The van der Waals surface area contributed by atoms with Crippen molar-refractivity contribution in [3.63, 3.8) is 0 Å². The van der Waals surface area contributed by atoms with Gasteiger partial charge in [0.1, 0.15) is 5.82 Å². The van der Waals surface area contributed by atoms with Crippen LogP contribution in [0.2, 0.25) is 0 Å². The van der Waals surface area contributed by atoms with Crippen LogP contribution in [0.15, 0.2) is 18.3 Å². The summed E-state index contributed by atoms with van der Waals surface area (Å²) in [5, 5.41) is 8.92. The van der Waals surface area contributed by atoms with Gasteiger partial charge in [-0.05, 0) is 30.9 Å². The van der Waals surface area contributed by atoms with Gasteiger partial charge >= 0.3 is 0 Å². The van der Waals surface area contributed by atoms with Gasteiger partial charge in [-0.25, -0.2) is 4.98 Å². The number of carbonyl (C=O) groups excluding carboxylic acids is 1. The Labute approximate surface area is 100 Å². The van der Waals surface area contributed by atoms with Crippen LogP contribution in [0.25, 0.3) is 0 Å². The van der Waals surface area contributed by atoms with Crippen molar-refractivity contribution in [3.8, 4) is 0 Å². The number of aliphatic hydroxyl groups excluding tert-OH is 1. The van der Waals surface area contributed by atoms with Gasteiger partial charge in [-0.3, -0.25) is 4.79 Å². The van der Waals surface area contributed by atoms with Gasteiger partial charge in [-0.1, -0.05) is 0 Å². The highest BCUT2D eigenvalue weighted by atomic mass is 16.3. The summed E-state index contributed by atoms with van der Waals surface area (Å²) in [6.45, 7) is 1.91. The summed E-state index contributed by atoms with van der Waals surface area (Å²) in [5.74, 6) is 0.696. The van der Waals surface area contributed by atoms with Gasteiger partial charge in [0, 0.05) is 25.9 Å². The number of amides is 1. The van der Waals surface area contributed by atoms with E-state index < -0.39 is 5.91 Å². The highest BCUT2D eigenvalue weighted by Gasteiger charge is 2.25. The van der Waals surface area contributed by atoms with Crippen LogP contribution in [-0.4, -0.2) is 35.7 Å². The molecule has 92 valence electrons. The van der Waals surface area contributed by atoms with Gasteiger partial charge in [-0.15, -0.1) is 0 Å². The van der Waals surface area contributed by atoms with Gasteiger partial charge in [-0.2, -0.15) is 0 Å². The van der Waals surface area contributed by atoms with E-state index >= 15 is 0 Å². The fourth-order valence-electron chi connectivity index (χ4n) is 2.28. The maximum atomic E-state index is 11.3. The summed E-state index contributed by atoms with van der Waals surface area (Å²) in [4.78, 5) is 17.6. The predicted octanol–water partition coefficient (Wildman–Crippen LogP) is 0.389. The maximum absolute atomic E-state index is 11.3. The van der Waals surface area contributed by atoms with Crippen molar-refractivity contribution in [2.45, 2.75) is 12.8 Å². The molecule has 0 aromatic carbocycles. The number of nitrogens with two attached hydrogens (primary N) is 1. The van der Waals surface area contributed by atoms with Gasteiger partial charge < -0.3 is 15.7 Å². The number of hydrogen-bond donors (Lipinski definition) is 2. The van der Waals surface area contributed by atoms with E-state index in [9.17, 15) is 4.79 Å². The Morgan fingerprint density at radius 2 is 2.47 bits per heavy atom. The van der Waals surface area contributed by atoms with Crippen LogP contribution in [0.5, 0.6) is 0 Å². The molecule has 1 amide bonds. The molecular weight excluding hydrogens is 218 g/mol. The molecule has 1 aliphatic heterocycles. The third-order valence-corrected chi connectivity index (χ3v) is 3.17. The Kier molecular flexibility index (Phi) is 3.58. The number of anilines is 1. The Morgan fingerprint density at radius 3 is 3.18 bits per heavy atom. The third kappa shape index (κ3) is 2.55. The molecule has 5 heteroatoms. The molecule has 1 saturated heterocycles. The van der Waals surface area contributed by atoms with Gasteiger partial charge in [0.05, 0.1) is 5.56 Å². The zero-order valence-corrected chi connectivity index (χ0v) is 9.67. The van der Waals surface area contributed by atoms with Crippen LogP contribution in [0.3, 0.4) is 0 Å². The average molecular weight is 235 g/mol. The summed E-state index contributed by atoms with van der Waals surface area (Å²) in [6.07, 6.45) is 3.49. The first-order valence-corrected chi connectivity index (χ1v) is 5.83. The molecule has 0 aliphatic carbocycles. The van der Waals surface area contributed by atoms with Gasteiger partial charge in [0.25, 0.3) is 5.91 Å². The molecular formula is C12H17N3O2. The number of hydrogen-bond acceptors (Lipinski definition) is 4. The standard InChI is InChI=1S/C12H17N3O2/c13-11(17)10-2-1-5-14-12(10)15-6-3-9(8-15)4-7-16/h1-2,5,9,16H,3-4,6-8H2,(H2,13,17). The van der Waals surface area contributed by atoms with Gasteiger partial charge in [0.2, 0.25) is 0 Å². The monoisotopic (exact) mass is 235 g/mol. The first kappa shape index (κ1) is 11.9. The van der Waals surface area contributed by atoms with E-state index in [1.165, 1.54) is 0 Å². The number of primary amides is 1.